The number of ketones is 1. The lowest BCUT2D eigenvalue weighted by Crippen LogP contribution is -2.01. The third kappa shape index (κ3) is 2.44. The first-order valence-electron chi connectivity index (χ1n) is 5.78. The van der Waals surface area contributed by atoms with Gasteiger partial charge in [0, 0.05) is 28.5 Å². The minimum atomic E-state index is -0.333. The number of nitrogens with zero attached hydrogens (tertiary/aromatic N) is 3. The first kappa shape index (κ1) is 12.5. The van der Waals surface area contributed by atoms with Crippen LogP contribution in [0.3, 0.4) is 0 Å². The molecular weight excluding hydrogens is 278 g/mol. The van der Waals surface area contributed by atoms with Gasteiger partial charge in [-0.15, -0.1) is 10.2 Å². The number of halogens is 1. The number of benzene rings is 1. The minimum absolute atomic E-state index is 0.0545. The SMILES string of the molecule is O=C(c1ccncc1)c1nnc(-c2ccc(Cl)cc2)o1. The highest BCUT2D eigenvalue weighted by molar-refractivity contribution is 6.30. The molecule has 0 aliphatic carbocycles. The van der Waals surface area contributed by atoms with Gasteiger partial charge in [-0.25, -0.2) is 0 Å². The van der Waals surface area contributed by atoms with Gasteiger partial charge < -0.3 is 4.42 Å². The Morgan fingerprint density at radius 1 is 1.00 bits per heavy atom. The highest BCUT2D eigenvalue weighted by atomic mass is 35.5. The van der Waals surface area contributed by atoms with Crippen LogP contribution in [0.1, 0.15) is 16.2 Å². The molecule has 0 spiro atoms. The second-order valence-electron chi connectivity index (χ2n) is 3.98. The fourth-order valence-corrected chi connectivity index (χ4v) is 1.78. The zero-order chi connectivity index (χ0) is 13.9. The third-order valence-electron chi connectivity index (χ3n) is 2.65. The monoisotopic (exact) mass is 285 g/mol. The lowest BCUT2D eigenvalue weighted by molar-refractivity contribution is 0.100. The Labute approximate surface area is 119 Å². The fraction of sp³-hybridized carbons (Fsp3) is 0. The van der Waals surface area contributed by atoms with Crippen molar-refractivity contribution in [2.75, 3.05) is 0 Å². The predicted octanol–water partition coefficient (Wildman–Crippen LogP) is 3.02. The summed E-state index contributed by atoms with van der Waals surface area (Å²) in [6.45, 7) is 0. The molecule has 98 valence electrons. The Balaban J connectivity index is 1.91. The van der Waals surface area contributed by atoms with E-state index in [0.717, 1.165) is 0 Å². The summed E-state index contributed by atoms with van der Waals surface area (Å²) in [5, 5.41) is 8.25. The number of aromatic nitrogens is 3. The molecule has 1 aromatic carbocycles. The average molecular weight is 286 g/mol. The van der Waals surface area contributed by atoms with Crippen LogP contribution in [0, 0.1) is 0 Å². The van der Waals surface area contributed by atoms with Crippen LogP contribution in [0.4, 0.5) is 0 Å². The van der Waals surface area contributed by atoms with Crippen molar-refractivity contribution in [2.24, 2.45) is 0 Å². The molecule has 20 heavy (non-hydrogen) atoms. The van der Waals surface area contributed by atoms with Crippen molar-refractivity contribution in [3.63, 3.8) is 0 Å². The van der Waals surface area contributed by atoms with E-state index in [1.165, 1.54) is 12.4 Å². The smallest absolute Gasteiger partial charge is 0.289 e. The molecule has 3 rings (SSSR count). The molecule has 0 saturated heterocycles. The van der Waals surface area contributed by atoms with Gasteiger partial charge in [0.15, 0.2) is 0 Å². The molecule has 6 heteroatoms. The topological polar surface area (TPSA) is 68.9 Å². The van der Waals surface area contributed by atoms with E-state index in [4.69, 9.17) is 16.0 Å². The number of pyridine rings is 1. The molecule has 3 aromatic rings. The molecule has 0 aliphatic rings. The second-order valence-corrected chi connectivity index (χ2v) is 4.42. The lowest BCUT2D eigenvalue weighted by atomic mass is 10.2. The van der Waals surface area contributed by atoms with Crippen molar-refractivity contribution in [2.45, 2.75) is 0 Å². The summed E-state index contributed by atoms with van der Waals surface area (Å²) in [6, 6.07) is 10.1. The highest BCUT2D eigenvalue weighted by Crippen LogP contribution is 2.21. The van der Waals surface area contributed by atoms with Gasteiger partial charge in [0.1, 0.15) is 0 Å². The first-order chi connectivity index (χ1) is 9.74. The Morgan fingerprint density at radius 3 is 2.40 bits per heavy atom. The van der Waals surface area contributed by atoms with E-state index in [1.54, 1.807) is 36.4 Å². The molecule has 0 fully saturated rings. The van der Waals surface area contributed by atoms with Crippen LogP contribution in [-0.4, -0.2) is 21.0 Å². The van der Waals surface area contributed by atoms with Gasteiger partial charge in [0.05, 0.1) is 0 Å². The van der Waals surface area contributed by atoms with Gasteiger partial charge in [0.25, 0.3) is 5.89 Å². The molecule has 0 N–H and O–H groups in total. The summed E-state index contributed by atoms with van der Waals surface area (Å²) in [6.07, 6.45) is 3.06. The predicted molar refractivity (Wildman–Crippen MR) is 72.4 cm³/mol. The summed E-state index contributed by atoms with van der Waals surface area (Å²) >= 11 is 5.81. The maximum absolute atomic E-state index is 12.1. The van der Waals surface area contributed by atoms with Gasteiger partial charge in [0.2, 0.25) is 11.7 Å². The van der Waals surface area contributed by atoms with Gasteiger partial charge in [-0.1, -0.05) is 11.6 Å². The molecule has 0 bridgehead atoms. The van der Waals surface area contributed by atoms with E-state index in [0.29, 0.717) is 16.1 Å². The van der Waals surface area contributed by atoms with Crippen LogP contribution in [0.5, 0.6) is 0 Å². The molecule has 5 nitrogen and oxygen atoms in total. The number of carbonyl (C=O) groups is 1. The van der Waals surface area contributed by atoms with Gasteiger partial charge in [-0.3, -0.25) is 9.78 Å². The molecular formula is C14H8ClN3O2. The summed E-state index contributed by atoms with van der Waals surface area (Å²) in [5.74, 6) is -0.111. The minimum Gasteiger partial charge on any atom is -0.413 e. The lowest BCUT2D eigenvalue weighted by Gasteiger charge is -1.95. The number of hydrogen-bond acceptors (Lipinski definition) is 5. The van der Waals surface area contributed by atoms with Crippen molar-refractivity contribution in [1.82, 2.24) is 15.2 Å². The zero-order valence-electron chi connectivity index (χ0n) is 10.2. The van der Waals surface area contributed by atoms with Crippen LogP contribution in [0.15, 0.2) is 53.2 Å². The summed E-state index contributed by atoms with van der Waals surface area (Å²) in [7, 11) is 0. The number of hydrogen-bond donors (Lipinski definition) is 0. The van der Waals surface area contributed by atoms with Crippen LogP contribution >= 0.6 is 11.6 Å². The maximum Gasteiger partial charge on any atom is 0.289 e. The van der Waals surface area contributed by atoms with Gasteiger partial charge >= 0.3 is 0 Å². The Morgan fingerprint density at radius 2 is 1.70 bits per heavy atom. The number of rotatable bonds is 3. The molecule has 2 aromatic heterocycles. The van der Waals surface area contributed by atoms with Crippen molar-refractivity contribution in [3.8, 4) is 11.5 Å². The van der Waals surface area contributed by atoms with Gasteiger partial charge in [-0.2, -0.15) is 0 Å². The molecule has 0 aliphatic heterocycles. The summed E-state index contributed by atoms with van der Waals surface area (Å²) in [5.41, 5.74) is 1.15. The van der Waals surface area contributed by atoms with E-state index in [9.17, 15) is 4.79 Å². The largest absolute Gasteiger partial charge is 0.413 e. The van der Waals surface area contributed by atoms with Crippen molar-refractivity contribution >= 4 is 17.4 Å². The zero-order valence-corrected chi connectivity index (χ0v) is 10.9. The van der Waals surface area contributed by atoms with E-state index in [2.05, 4.69) is 15.2 Å². The Bertz CT molecular complexity index is 739. The van der Waals surface area contributed by atoms with E-state index in [1.807, 2.05) is 0 Å². The van der Waals surface area contributed by atoms with Crippen molar-refractivity contribution < 1.29 is 9.21 Å². The summed E-state index contributed by atoms with van der Waals surface area (Å²) in [4.78, 5) is 16.0. The molecule has 2 heterocycles. The van der Waals surface area contributed by atoms with E-state index in [-0.39, 0.29) is 17.6 Å². The quantitative estimate of drug-likeness (QED) is 0.692. The second kappa shape index (κ2) is 5.22. The normalized spacial score (nSPS) is 10.4. The van der Waals surface area contributed by atoms with E-state index >= 15 is 0 Å². The van der Waals surface area contributed by atoms with Crippen LogP contribution in [0.2, 0.25) is 5.02 Å². The van der Waals surface area contributed by atoms with Crippen molar-refractivity contribution in [3.05, 3.63) is 65.3 Å². The van der Waals surface area contributed by atoms with Crippen LogP contribution in [-0.2, 0) is 0 Å². The molecule has 0 saturated carbocycles. The average Bonchev–Trinajstić information content (AvgIpc) is 2.98. The van der Waals surface area contributed by atoms with Crippen LogP contribution < -0.4 is 0 Å². The molecule has 0 radical (unpaired) electrons. The fourth-order valence-electron chi connectivity index (χ4n) is 1.65. The molecule has 0 atom stereocenters. The standard InChI is InChI=1S/C14H8ClN3O2/c15-11-3-1-10(2-4-11)13-17-18-14(20-13)12(19)9-5-7-16-8-6-9/h1-8H. The van der Waals surface area contributed by atoms with Crippen molar-refractivity contribution in [1.29, 1.82) is 0 Å². The van der Waals surface area contributed by atoms with Crippen LogP contribution in [0.25, 0.3) is 11.5 Å². The Kier molecular flexibility index (Phi) is 3.26. The third-order valence-corrected chi connectivity index (χ3v) is 2.90. The van der Waals surface area contributed by atoms with Gasteiger partial charge in [-0.05, 0) is 36.4 Å². The Hall–Kier alpha value is -2.53. The number of carbonyl (C=O) groups excluding carboxylic acids is 1. The highest BCUT2D eigenvalue weighted by Gasteiger charge is 2.17. The molecule has 0 amide bonds. The maximum atomic E-state index is 12.1. The summed E-state index contributed by atoms with van der Waals surface area (Å²) < 4.78 is 5.39. The van der Waals surface area contributed by atoms with E-state index < -0.39 is 0 Å². The molecule has 0 unspecified atom stereocenters. The first-order valence-corrected chi connectivity index (χ1v) is 6.16.